The van der Waals surface area contributed by atoms with Crippen LogP contribution in [0.15, 0.2) is 36.7 Å². The molecule has 0 saturated heterocycles. The van der Waals surface area contributed by atoms with Crippen LogP contribution in [0, 0.1) is 0 Å². The van der Waals surface area contributed by atoms with Crippen LogP contribution in [0.25, 0.3) is 4.96 Å². The van der Waals surface area contributed by atoms with Crippen molar-refractivity contribution in [2.75, 3.05) is 0 Å². The molecule has 1 N–H and O–H groups in total. The van der Waals surface area contributed by atoms with Gasteiger partial charge in [-0.15, -0.1) is 10.2 Å². The van der Waals surface area contributed by atoms with Crippen LogP contribution in [0.2, 0.25) is 0 Å². The van der Waals surface area contributed by atoms with Crippen molar-refractivity contribution >= 4 is 22.2 Å². The molecular formula is C13H13N5OS. The summed E-state index contributed by atoms with van der Waals surface area (Å²) < 4.78 is 1.61. The maximum absolute atomic E-state index is 11.8. The van der Waals surface area contributed by atoms with Crippen molar-refractivity contribution in [3.8, 4) is 0 Å². The summed E-state index contributed by atoms with van der Waals surface area (Å²) in [7, 11) is 0. The van der Waals surface area contributed by atoms with Gasteiger partial charge in [-0.1, -0.05) is 41.7 Å². The average Bonchev–Trinajstić information content (AvgIpc) is 3.05. The lowest BCUT2D eigenvalue weighted by Gasteiger charge is -2.03. The van der Waals surface area contributed by atoms with Crippen LogP contribution in [-0.2, 0) is 17.8 Å². The van der Waals surface area contributed by atoms with Gasteiger partial charge in [-0.25, -0.2) is 0 Å². The van der Waals surface area contributed by atoms with Gasteiger partial charge in [0.25, 0.3) is 0 Å². The van der Waals surface area contributed by atoms with Gasteiger partial charge in [0.05, 0.1) is 6.54 Å². The zero-order valence-electron chi connectivity index (χ0n) is 10.7. The quantitative estimate of drug-likeness (QED) is 0.770. The van der Waals surface area contributed by atoms with Crippen LogP contribution in [0.4, 0.5) is 0 Å². The molecule has 6 nitrogen and oxygen atoms in total. The summed E-state index contributed by atoms with van der Waals surface area (Å²) in [4.78, 5) is 12.5. The Hall–Kier alpha value is -2.28. The molecule has 0 radical (unpaired) electrons. The Balaban J connectivity index is 1.48. The van der Waals surface area contributed by atoms with Crippen molar-refractivity contribution in [1.82, 2.24) is 25.1 Å². The highest BCUT2D eigenvalue weighted by Gasteiger charge is 2.07. The topological polar surface area (TPSA) is 72.2 Å². The average molecular weight is 287 g/mol. The monoisotopic (exact) mass is 287 g/mol. The van der Waals surface area contributed by atoms with Crippen molar-refractivity contribution in [1.29, 1.82) is 0 Å². The second-order valence-electron chi connectivity index (χ2n) is 4.32. The van der Waals surface area contributed by atoms with Crippen LogP contribution < -0.4 is 5.32 Å². The van der Waals surface area contributed by atoms with Crippen LogP contribution >= 0.6 is 11.3 Å². The van der Waals surface area contributed by atoms with Gasteiger partial charge < -0.3 is 5.32 Å². The minimum atomic E-state index is 0.0276. The minimum absolute atomic E-state index is 0.0276. The van der Waals surface area contributed by atoms with Crippen LogP contribution in [0.3, 0.4) is 0 Å². The van der Waals surface area contributed by atoms with Crippen LogP contribution in [0.5, 0.6) is 0 Å². The van der Waals surface area contributed by atoms with Crippen molar-refractivity contribution in [3.63, 3.8) is 0 Å². The van der Waals surface area contributed by atoms with Crippen molar-refractivity contribution < 1.29 is 4.79 Å². The summed E-state index contributed by atoms with van der Waals surface area (Å²) in [6.45, 7) is 0.432. The maximum atomic E-state index is 11.8. The van der Waals surface area contributed by atoms with Crippen LogP contribution in [0.1, 0.15) is 17.0 Å². The Bertz CT molecular complexity index is 677. The molecule has 20 heavy (non-hydrogen) atoms. The lowest BCUT2D eigenvalue weighted by molar-refractivity contribution is -0.121. The zero-order valence-corrected chi connectivity index (χ0v) is 11.5. The molecule has 0 atom stereocenters. The van der Waals surface area contributed by atoms with Gasteiger partial charge in [0, 0.05) is 6.42 Å². The molecule has 0 aliphatic rings. The number of hydrogen-bond acceptors (Lipinski definition) is 5. The van der Waals surface area contributed by atoms with E-state index in [2.05, 4.69) is 20.6 Å². The Morgan fingerprint density at radius 3 is 2.95 bits per heavy atom. The summed E-state index contributed by atoms with van der Waals surface area (Å²) in [6, 6.07) is 9.97. The smallest absolute Gasteiger partial charge is 0.234 e. The molecule has 0 aliphatic carbocycles. The Kier molecular flexibility index (Phi) is 3.69. The molecule has 3 rings (SSSR count). The van der Waals surface area contributed by atoms with Gasteiger partial charge >= 0.3 is 0 Å². The molecule has 0 spiro atoms. The molecule has 0 bridgehead atoms. The SMILES string of the molecule is O=C(CCc1ccccc1)NCc1nn2cnnc2s1. The lowest BCUT2D eigenvalue weighted by Crippen LogP contribution is -2.23. The molecule has 1 aromatic carbocycles. The van der Waals surface area contributed by atoms with E-state index in [4.69, 9.17) is 0 Å². The molecule has 0 aliphatic heterocycles. The molecule has 0 fully saturated rings. The number of amides is 1. The summed E-state index contributed by atoms with van der Waals surface area (Å²) in [5.74, 6) is 0.0276. The largest absolute Gasteiger partial charge is 0.350 e. The van der Waals surface area contributed by atoms with Crippen molar-refractivity contribution in [3.05, 3.63) is 47.2 Å². The normalized spacial score (nSPS) is 10.8. The molecule has 0 saturated carbocycles. The van der Waals surface area contributed by atoms with Crippen molar-refractivity contribution in [2.24, 2.45) is 0 Å². The number of fused-ring (bicyclic) bond motifs is 1. The Labute approximate surface area is 119 Å². The predicted molar refractivity (Wildman–Crippen MR) is 75.3 cm³/mol. The van der Waals surface area contributed by atoms with Crippen molar-refractivity contribution in [2.45, 2.75) is 19.4 Å². The Morgan fingerprint density at radius 1 is 1.30 bits per heavy atom. The fourth-order valence-electron chi connectivity index (χ4n) is 1.84. The molecule has 7 heteroatoms. The maximum Gasteiger partial charge on any atom is 0.234 e. The van der Waals surface area contributed by atoms with E-state index in [0.717, 1.165) is 16.4 Å². The minimum Gasteiger partial charge on any atom is -0.350 e. The van der Waals surface area contributed by atoms with Gasteiger partial charge in [0.2, 0.25) is 10.9 Å². The highest BCUT2D eigenvalue weighted by molar-refractivity contribution is 7.16. The molecular weight excluding hydrogens is 274 g/mol. The third-order valence-electron chi connectivity index (χ3n) is 2.85. The van der Waals surface area contributed by atoms with E-state index in [1.807, 2.05) is 30.3 Å². The van der Waals surface area contributed by atoms with E-state index in [9.17, 15) is 4.79 Å². The first kappa shape index (κ1) is 12.7. The number of aryl methyl sites for hydroxylation is 1. The summed E-state index contributed by atoms with van der Waals surface area (Å²) >= 11 is 1.42. The number of carbonyl (C=O) groups excluding carboxylic acids is 1. The fourth-order valence-corrected chi connectivity index (χ4v) is 2.59. The molecule has 2 aromatic heterocycles. The second kappa shape index (κ2) is 5.79. The van der Waals surface area contributed by atoms with E-state index in [1.165, 1.54) is 16.9 Å². The highest BCUT2D eigenvalue weighted by Crippen LogP contribution is 2.11. The standard InChI is InChI=1S/C13H13N5OS/c19-11(7-6-10-4-2-1-3-5-10)14-8-12-17-18-9-15-16-13(18)20-12/h1-5,9H,6-8H2,(H,14,19). The number of nitrogens with one attached hydrogen (secondary N) is 1. The van der Waals surface area contributed by atoms with E-state index in [0.29, 0.717) is 13.0 Å². The first-order chi connectivity index (χ1) is 9.81. The second-order valence-corrected chi connectivity index (χ2v) is 5.36. The number of benzene rings is 1. The van der Waals surface area contributed by atoms with Gasteiger partial charge in [-0.3, -0.25) is 4.79 Å². The Morgan fingerprint density at radius 2 is 2.15 bits per heavy atom. The van der Waals surface area contributed by atoms with Gasteiger partial charge in [-0.2, -0.15) is 9.61 Å². The van der Waals surface area contributed by atoms with E-state index >= 15 is 0 Å². The summed E-state index contributed by atoms with van der Waals surface area (Å²) in [5.41, 5.74) is 1.17. The molecule has 3 aromatic rings. The fraction of sp³-hybridized carbons (Fsp3) is 0.231. The molecule has 0 unspecified atom stereocenters. The van der Waals surface area contributed by atoms with Gasteiger partial charge in [0.1, 0.15) is 11.3 Å². The van der Waals surface area contributed by atoms with E-state index in [1.54, 1.807) is 10.8 Å². The van der Waals surface area contributed by atoms with Crippen LogP contribution in [-0.4, -0.2) is 25.7 Å². The van der Waals surface area contributed by atoms with E-state index < -0.39 is 0 Å². The third-order valence-corrected chi connectivity index (χ3v) is 3.76. The number of nitrogens with zero attached hydrogens (tertiary/aromatic N) is 4. The van der Waals surface area contributed by atoms with E-state index in [-0.39, 0.29) is 5.91 Å². The number of aromatic nitrogens is 4. The first-order valence-corrected chi connectivity index (χ1v) is 7.09. The number of rotatable bonds is 5. The number of hydrogen-bond donors (Lipinski definition) is 1. The third kappa shape index (κ3) is 3.00. The predicted octanol–water partition coefficient (Wildman–Crippen LogP) is 1.43. The summed E-state index contributed by atoms with van der Waals surface area (Å²) in [6.07, 6.45) is 2.78. The van der Waals surface area contributed by atoms with Gasteiger partial charge in [-0.05, 0) is 12.0 Å². The molecule has 102 valence electrons. The molecule has 2 heterocycles. The van der Waals surface area contributed by atoms with Gasteiger partial charge in [0.15, 0.2) is 0 Å². The highest BCUT2D eigenvalue weighted by atomic mass is 32.1. The first-order valence-electron chi connectivity index (χ1n) is 6.27. The number of carbonyl (C=O) groups is 1. The molecule has 1 amide bonds. The lowest BCUT2D eigenvalue weighted by atomic mass is 10.1. The summed E-state index contributed by atoms with van der Waals surface area (Å²) in [5, 5.41) is 15.6. The zero-order chi connectivity index (χ0) is 13.8.